The number of nitrogens with zero attached hydrogens (tertiary/aromatic N) is 1. The summed E-state index contributed by atoms with van der Waals surface area (Å²) in [6, 6.07) is 0. The average Bonchev–Trinajstić information content (AvgIpc) is 3.01. The number of carbonyl (C=O) groups is 2. The molecule has 1 spiro atoms. The van der Waals surface area contributed by atoms with Crippen molar-refractivity contribution in [2.75, 3.05) is 33.3 Å². The Kier molecular flexibility index (Phi) is 2.81. The molecule has 3 aliphatic rings. The van der Waals surface area contributed by atoms with Crippen LogP contribution < -0.4 is 5.32 Å². The predicted molar refractivity (Wildman–Crippen MR) is 64.7 cm³/mol. The number of methoxy groups -OCH3 is 1. The summed E-state index contributed by atoms with van der Waals surface area (Å²) in [6.07, 6.45) is 2.87. The Hall–Kier alpha value is -1.10. The molecular formula is C13H20N2O3. The lowest BCUT2D eigenvalue weighted by atomic mass is 9.89. The molecule has 3 rings (SSSR count). The van der Waals surface area contributed by atoms with Crippen LogP contribution in [0.5, 0.6) is 0 Å². The van der Waals surface area contributed by atoms with Crippen molar-refractivity contribution in [1.29, 1.82) is 0 Å². The first-order valence-corrected chi connectivity index (χ1v) is 6.74. The van der Waals surface area contributed by atoms with E-state index in [1.807, 2.05) is 4.90 Å². The first-order chi connectivity index (χ1) is 8.66. The molecule has 18 heavy (non-hydrogen) atoms. The third-order valence-electron chi connectivity index (χ3n) is 4.88. The van der Waals surface area contributed by atoms with Gasteiger partial charge in [0.05, 0.1) is 18.9 Å². The zero-order valence-corrected chi connectivity index (χ0v) is 10.8. The van der Waals surface area contributed by atoms with Crippen LogP contribution in [0, 0.1) is 17.3 Å². The number of hydrogen-bond donors (Lipinski definition) is 1. The number of amides is 1. The summed E-state index contributed by atoms with van der Waals surface area (Å²) in [4.78, 5) is 25.6. The quantitative estimate of drug-likeness (QED) is 0.703. The second kappa shape index (κ2) is 4.23. The highest BCUT2D eigenvalue weighted by Gasteiger charge is 2.59. The molecule has 5 heteroatoms. The summed E-state index contributed by atoms with van der Waals surface area (Å²) in [7, 11) is 1.45. The van der Waals surface area contributed by atoms with Crippen molar-refractivity contribution in [3.63, 3.8) is 0 Å². The maximum atomic E-state index is 12.1. The summed E-state index contributed by atoms with van der Waals surface area (Å²) in [5, 5.41) is 3.13. The van der Waals surface area contributed by atoms with Gasteiger partial charge in [0.25, 0.3) is 0 Å². The van der Waals surface area contributed by atoms with Crippen LogP contribution in [0.2, 0.25) is 0 Å². The van der Waals surface area contributed by atoms with Crippen molar-refractivity contribution < 1.29 is 14.3 Å². The SMILES string of the molecule is COC(=O)C1CC12CCN(C(=O)C1CNC1)CC2. The van der Waals surface area contributed by atoms with E-state index in [2.05, 4.69) is 5.32 Å². The van der Waals surface area contributed by atoms with Gasteiger partial charge in [-0.3, -0.25) is 9.59 Å². The summed E-state index contributed by atoms with van der Waals surface area (Å²) in [6.45, 7) is 3.27. The molecule has 1 unspecified atom stereocenters. The van der Waals surface area contributed by atoms with E-state index in [1.54, 1.807) is 0 Å². The maximum Gasteiger partial charge on any atom is 0.309 e. The van der Waals surface area contributed by atoms with Crippen LogP contribution in [0.4, 0.5) is 0 Å². The van der Waals surface area contributed by atoms with Gasteiger partial charge in [-0.15, -0.1) is 0 Å². The highest BCUT2D eigenvalue weighted by molar-refractivity contribution is 5.81. The second-order valence-corrected chi connectivity index (χ2v) is 5.82. The van der Waals surface area contributed by atoms with E-state index < -0.39 is 0 Å². The van der Waals surface area contributed by atoms with Crippen LogP contribution in [0.3, 0.4) is 0 Å². The van der Waals surface area contributed by atoms with Crippen LogP contribution in [-0.2, 0) is 14.3 Å². The van der Waals surface area contributed by atoms with Gasteiger partial charge in [-0.1, -0.05) is 0 Å². The lowest BCUT2D eigenvalue weighted by Gasteiger charge is -2.37. The third-order valence-corrected chi connectivity index (χ3v) is 4.88. The average molecular weight is 252 g/mol. The zero-order chi connectivity index (χ0) is 12.8. The Morgan fingerprint density at radius 1 is 1.28 bits per heavy atom. The molecule has 0 aromatic carbocycles. The molecule has 1 saturated carbocycles. The fourth-order valence-electron chi connectivity index (χ4n) is 3.27. The number of likely N-dealkylation sites (tertiary alicyclic amines) is 1. The highest BCUT2D eigenvalue weighted by Crippen LogP contribution is 2.59. The molecule has 1 atom stereocenters. The number of ether oxygens (including phenoxy) is 1. The van der Waals surface area contributed by atoms with E-state index in [1.165, 1.54) is 7.11 Å². The van der Waals surface area contributed by atoms with Gasteiger partial charge in [-0.25, -0.2) is 0 Å². The van der Waals surface area contributed by atoms with Crippen LogP contribution in [0.25, 0.3) is 0 Å². The molecule has 0 aromatic rings. The summed E-state index contributed by atoms with van der Waals surface area (Å²) >= 11 is 0. The largest absolute Gasteiger partial charge is 0.469 e. The molecule has 1 N–H and O–H groups in total. The van der Waals surface area contributed by atoms with Crippen molar-refractivity contribution in [2.45, 2.75) is 19.3 Å². The smallest absolute Gasteiger partial charge is 0.309 e. The van der Waals surface area contributed by atoms with Crippen LogP contribution >= 0.6 is 0 Å². The topological polar surface area (TPSA) is 58.6 Å². The van der Waals surface area contributed by atoms with Gasteiger partial charge < -0.3 is 15.0 Å². The van der Waals surface area contributed by atoms with E-state index in [9.17, 15) is 9.59 Å². The Morgan fingerprint density at radius 2 is 1.94 bits per heavy atom. The normalized spacial score (nSPS) is 29.8. The number of esters is 1. The van der Waals surface area contributed by atoms with Gasteiger partial charge in [0.15, 0.2) is 0 Å². The molecule has 3 fully saturated rings. The first-order valence-electron chi connectivity index (χ1n) is 6.74. The highest BCUT2D eigenvalue weighted by atomic mass is 16.5. The zero-order valence-electron chi connectivity index (χ0n) is 10.8. The monoisotopic (exact) mass is 252 g/mol. The molecular weight excluding hydrogens is 232 g/mol. The van der Waals surface area contributed by atoms with E-state index >= 15 is 0 Å². The number of rotatable bonds is 2. The van der Waals surface area contributed by atoms with Gasteiger partial charge in [0.2, 0.25) is 5.91 Å². The molecule has 2 saturated heterocycles. The van der Waals surface area contributed by atoms with E-state index in [0.29, 0.717) is 5.91 Å². The second-order valence-electron chi connectivity index (χ2n) is 5.82. The Balaban J connectivity index is 1.53. The van der Waals surface area contributed by atoms with Crippen LogP contribution in [0.1, 0.15) is 19.3 Å². The van der Waals surface area contributed by atoms with Crippen LogP contribution in [-0.4, -0.2) is 50.1 Å². The third kappa shape index (κ3) is 1.81. The number of nitrogens with one attached hydrogen (secondary N) is 1. The Morgan fingerprint density at radius 3 is 2.44 bits per heavy atom. The minimum atomic E-state index is -0.0713. The van der Waals surface area contributed by atoms with Crippen molar-refractivity contribution in [1.82, 2.24) is 10.2 Å². The van der Waals surface area contributed by atoms with Crippen molar-refractivity contribution in [3.05, 3.63) is 0 Å². The van der Waals surface area contributed by atoms with Gasteiger partial charge in [-0.2, -0.15) is 0 Å². The number of hydrogen-bond acceptors (Lipinski definition) is 4. The van der Waals surface area contributed by atoms with Crippen molar-refractivity contribution >= 4 is 11.9 Å². The molecule has 1 amide bonds. The number of piperidine rings is 1. The van der Waals surface area contributed by atoms with Crippen molar-refractivity contribution in [2.24, 2.45) is 17.3 Å². The van der Waals surface area contributed by atoms with E-state index in [-0.39, 0.29) is 23.2 Å². The molecule has 0 aromatic heterocycles. The maximum absolute atomic E-state index is 12.1. The molecule has 0 bridgehead atoms. The molecule has 2 heterocycles. The minimum Gasteiger partial charge on any atom is -0.469 e. The summed E-state index contributed by atoms with van der Waals surface area (Å²) in [5.41, 5.74) is 0.155. The molecule has 100 valence electrons. The molecule has 2 aliphatic heterocycles. The number of carbonyl (C=O) groups excluding carboxylic acids is 2. The summed E-state index contributed by atoms with van der Waals surface area (Å²) in [5.74, 6) is 0.497. The lowest BCUT2D eigenvalue weighted by molar-refractivity contribution is -0.143. The van der Waals surface area contributed by atoms with E-state index in [0.717, 1.165) is 45.4 Å². The molecule has 1 aliphatic carbocycles. The summed E-state index contributed by atoms with van der Waals surface area (Å²) < 4.78 is 4.81. The Labute approximate surface area is 107 Å². The van der Waals surface area contributed by atoms with Crippen molar-refractivity contribution in [3.8, 4) is 0 Å². The van der Waals surface area contributed by atoms with Gasteiger partial charge >= 0.3 is 5.97 Å². The lowest BCUT2D eigenvalue weighted by Crippen LogP contribution is -2.53. The Bertz CT molecular complexity index is 370. The van der Waals surface area contributed by atoms with Crippen LogP contribution in [0.15, 0.2) is 0 Å². The molecule has 0 radical (unpaired) electrons. The van der Waals surface area contributed by atoms with Gasteiger partial charge in [-0.05, 0) is 24.7 Å². The minimum absolute atomic E-state index is 0.0713. The fourth-order valence-corrected chi connectivity index (χ4v) is 3.27. The van der Waals surface area contributed by atoms with Gasteiger partial charge in [0.1, 0.15) is 0 Å². The standard InChI is InChI=1S/C13H20N2O3/c1-18-12(17)10-6-13(10)2-4-15(5-3-13)11(16)9-7-14-8-9/h9-10,14H,2-8H2,1H3. The fraction of sp³-hybridized carbons (Fsp3) is 0.846. The van der Waals surface area contributed by atoms with E-state index in [4.69, 9.17) is 4.74 Å². The first kappa shape index (κ1) is 12.0. The molecule has 5 nitrogen and oxygen atoms in total. The van der Waals surface area contributed by atoms with Gasteiger partial charge in [0, 0.05) is 26.2 Å². The predicted octanol–water partition coefficient (Wildman–Crippen LogP) is 0.00750.